The summed E-state index contributed by atoms with van der Waals surface area (Å²) in [5, 5.41) is 0. The maximum Gasteiger partial charge on any atom is 0.256 e. The molecule has 2 aliphatic rings. The van der Waals surface area contributed by atoms with Crippen molar-refractivity contribution in [3.63, 3.8) is 0 Å². The molecule has 1 atom stereocenters. The zero-order chi connectivity index (χ0) is 19.6. The van der Waals surface area contributed by atoms with Gasteiger partial charge in [-0.25, -0.2) is 4.98 Å². The number of imidazole rings is 1. The fourth-order valence-electron chi connectivity index (χ4n) is 4.94. The number of likely N-dealkylation sites (tertiary alicyclic amines) is 1. The van der Waals surface area contributed by atoms with E-state index in [-0.39, 0.29) is 11.4 Å². The van der Waals surface area contributed by atoms with Crippen molar-refractivity contribution in [1.29, 1.82) is 0 Å². The van der Waals surface area contributed by atoms with Crippen LogP contribution in [0.1, 0.15) is 49.2 Å². The molecule has 1 spiro atoms. The van der Waals surface area contributed by atoms with Gasteiger partial charge >= 0.3 is 0 Å². The minimum atomic E-state index is -0.533. The fraction of sp³-hybridized carbons (Fsp3) is 0.545. The molecule has 2 aromatic rings. The number of methoxy groups -OCH3 is 1. The van der Waals surface area contributed by atoms with Gasteiger partial charge in [0.1, 0.15) is 0 Å². The van der Waals surface area contributed by atoms with E-state index in [2.05, 4.69) is 16.8 Å². The molecule has 1 aromatic carbocycles. The summed E-state index contributed by atoms with van der Waals surface area (Å²) in [6, 6.07) is 9.76. The quantitative estimate of drug-likeness (QED) is 0.864. The number of fused-ring (bicyclic) bond motifs is 2. The number of piperidine rings is 1. The Morgan fingerprint density at radius 2 is 2.00 bits per heavy atom. The largest absolute Gasteiger partial charge is 0.367 e. The van der Waals surface area contributed by atoms with E-state index in [0.717, 1.165) is 57.4 Å². The number of carbonyl (C=O) groups is 1. The summed E-state index contributed by atoms with van der Waals surface area (Å²) in [5.41, 5.74) is 3.34. The average Bonchev–Trinajstić information content (AvgIpc) is 3.22. The van der Waals surface area contributed by atoms with Gasteiger partial charge in [0.25, 0.3) is 5.91 Å². The maximum absolute atomic E-state index is 13.2. The normalized spacial score (nSPS) is 20.1. The lowest BCUT2D eigenvalue weighted by Gasteiger charge is -2.50. The van der Waals surface area contributed by atoms with Crippen LogP contribution in [-0.4, -0.2) is 59.0 Å². The summed E-state index contributed by atoms with van der Waals surface area (Å²) in [6.07, 6.45) is 5.29. The predicted octanol–water partition coefficient (Wildman–Crippen LogP) is 2.88. The molecule has 6 heteroatoms. The Morgan fingerprint density at radius 3 is 2.68 bits per heavy atom. The molecular formula is C22H30N4O2. The van der Waals surface area contributed by atoms with E-state index in [1.54, 1.807) is 7.11 Å². The zero-order valence-electron chi connectivity index (χ0n) is 16.9. The summed E-state index contributed by atoms with van der Waals surface area (Å²) >= 11 is 0. The van der Waals surface area contributed by atoms with Crippen LogP contribution in [0.3, 0.4) is 0 Å². The predicted molar refractivity (Wildman–Crippen MR) is 108 cm³/mol. The number of H-pyrrole nitrogens is 1. The number of hydrogen-bond acceptors (Lipinski definition) is 4. The third-order valence-electron chi connectivity index (χ3n) is 6.35. The molecule has 150 valence electrons. The summed E-state index contributed by atoms with van der Waals surface area (Å²) in [6.45, 7) is 5.83. The lowest BCUT2D eigenvalue weighted by Crippen LogP contribution is -2.57. The molecule has 1 aromatic heterocycles. The number of nitrogens with one attached hydrogen (secondary N) is 1. The topological polar surface area (TPSA) is 61.5 Å². The van der Waals surface area contributed by atoms with E-state index in [1.807, 2.05) is 41.6 Å². The van der Waals surface area contributed by atoms with Crippen molar-refractivity contribution in [2.24, 2.45) is 0 Å². The van der Waals surface area contributed by atoms with Crippen molar-refractivity contribution in [2.45, 2.75) is 44.2 Å². The lowest BCUT2D eigenvalue weighted by atomic mass is 9.78. The number of nitrogens with zero attached hydrogens (tertiary/aromatic N) is 3. The SMILES string of the molecule is CCCN1CCc2[nH]cnc2C12CCN(C(=O)C(OC)c1ccccc1)CC2. The first kappa shape index (κ1) is 19.2. The monoisotopic (exact) mass is 382 g/mol. The van der Waals surface area contributed by atoms with Crippen LogP contribution in [0.2, 0.25) is 0 Å². The number of rotatable bonds is 5. The molecule has 1 amide bonds. The second-order valence-corrected chi connectivity index (χ2v) is 7.85. The van der Waals surface area contributed by atoms with Crippen molar-refractivity contribution in [3.8, 4) is 0 Å². The Bertz CT molecular complexity index is 796. The molecule has 1 N–H and O–H groups in total. The number of amides is 1. The molecule has 1 saturated heterocycles. The molecule has 2 aliphatic heterocycles. The number of ether oxygens (including phenoxy) is 1. The van der Waals surface area contributed by atoms with Crippen LogP contribution in [0.5, 0.6) is 0 Å². The van der Waals surface area contributed by atoms with E-state index in [0.29, 0.717) is 0 Å². The summed E-state index contributed by atoms with van der Waals surface area (Å²) in [5.74, 6) is 0.0589. The van der Waals surface area contributed by atoms with Crippen molar-refractivity contribution >= 4 is 5.91 Å². The van der Waals surface area contributed by atoms with E-state index in [4.69, 9.17) is 9.72 Å². The molecule has 1 unspecified atom stereocenters. The van der Waals surface area contributed by atoms with E-state index in [1.165, 1.54) is 11.4 Å². The van der Waals surface area contributed by atoms with Gasteiger partial charge in [-0.2, -0.15) is 0 Å². The van der Waals surface area contributed by atoms with Crippen molar-refractivity contribution in [2.75, 3.05) is 33.3 Å². The van der Waals surface area contributed by atoms with Gasteiger partial charge in [0.15, 0.2) is 6.10 Å². The third-order valence-corrected chi connectivity index (χ3v) is 6.35. The fourth-order valence-corrected chi connectivity index (χ4v) is 4.94. The smallest absolute Gasteiger partial charge is 0.256 e. The number of carbonyl (C=O) groups excluding carboxylic acids is 1. The molecule has 4 rings (SSSR count). The van der Waals surface area contributed by atoms with Gasteiger partial charge in [0.05, 0.1) is 17.6 Å². The molecular weight excluding hydrogens is 352 g/mol. The van der Waals surface area contributed by atoms with E-state index >= 15 is 0 Å². The van der Waals surface area contributed by atoms with Gasteiger partial charge in [-0.15, -0.1) is 0 Å². The number of aromatic nitrogens is 2. The van der Waals surface area contributed by atoms with Gasteiger partial charge in [-0.05, 0) is 31.4 Å². The number of aromatic amines is 1. The first-order chi connectivity index (χ1) is 13.7. The van der Waals surface area contributed by atoms with Crippen LogP contribution in [0, 0.1) is 0 Å². The van der Waals surface area contributed by atoms with Crippen LogP contribution in [0.15, 0.2) is 36.7 Å². The first-order valence-electron chi connectivity index (χ1n) is 10.3. The molecule has 0 bridgehead atoms. The second kappa shape index (κ2) is 8.05. The van der Waals surface area contributed by atoms with Crippen LogP contribution < -0.4 is 0 Å². The average molecular weight is 383 g/mol. The molecule has 0 saturated carbocycles. The van der Waals surface area contributed by atoms with Crippen LogP contribution in [0.4, 0.5) is 0 Å². The maximum atomic E-state index is 13.2. The Balaban J connectivity index is 1.53. The molecule has 6 nitrogen and oxygen atoms in total. The minimum Gasteiger partial charge on any atom is -0.367 e. The number of benzene rings is 1. The second-order valence-electron chi connectivity index (χ2n) is 7.85. The highest BCUT2D eigenvalue weighted by atomic mass is 16.5. The highest BCUT2D eigenvalue weighted by Crippen LogP contribution is 2.42. The van der Waals surface area contributed by atoms with Crippen molar-refractivity contribution < 1.29 is 9.53 Å². The summed E-state index contributed by atoms with van der Waals surface area (Å²) in [4.78, 5) is 25.8. The van der Waals surface area contributed by atoms with Crippen LogP contribution in [0.25, 0.3) is 0 Å². The highest BCUT2D eigenvalue weighted by molar-refractivity contribution is 5.82. The lowest BCUT2D eigenvalue weighted by molar-refractivity contribution is -0.145. The zero-order valence-corrected chi connectivity index (χ0v) is 16.9. The van der Waals surface area contributed by atoms with E-state index < -0.39 is 6.10 Å². The molecule has 1 fully saturated rings. The number of hydrogen-bond donors (Lipinski definition) is 1. The van der Waals surface area contributed by atoms with Crippen LogP contribution in [-0.2, 0) is 21.5 Å². The molecule has 3 heterocycles. The first-order valence-corrected chi connectivity index (χ1v) is 10.3. The minimum absolute atomic E-state index is 0.0459. The van der Waals surface area contributed by atoms with Gasteiger partial charge < -0.3 is 14.6 Å². The van der Waals surface area contributed by atoms with Gasteiger partial charge in [0, 0.05) is 38.9 Å². The Kier molecular flexibility index (Phi) is 5.51. The van der Waals surface area contributed by atoms with E-state index in [9.17, 15) is 4.79 Å². The summed E-state index contributed by atoms with van der Waals surface area (Å²) in [7, 11) is 1.61. The Morgan fingerprint density at radius 1 is 1.25 bits per heavy atom. The molecule has 28 heavy (non-hydrogen) atoms. The van der Waals surface area contributed by atoms with Crippen molar-refractivity contribution in [1.82, 2.24) is 19.8 Å². The Hall–Kier alpha value is -2.18. The molecule has 0 aliphatic carbocycles. The van der Waals surface area contributed by atoms with Crippen LogP contribution >= 0.6 is 0 Å². The standard InChI is InChI=1S/C22H30N4O2/c1-3-12-26-13-9-18-20(24-16-23-18)22(26)10-14-25(15-11-22)21(27)19(28-2)17-7-5-4-6-8-17/h4-8,16,19H,3,9-15H2,1-2H3,(H,23,24). The van der Waals surface area contributed by atoms with Gasteiger partial charge in [0.2, 0.25) is 0 Å². The van der Waals surface area contributed by atoms with Gasteiger partial charge in [-0.1, -0.05) is 37.3 Å². The molecule has 0 radical (unpaired) electrons. The highest BCUT2D eigenvalue weighted by Gasteiger charge is 2.47. The third kappa shape index (κ3) is 3.25. The summed E-state index contributed by atoms with van der Waals surface area (Å²) < 4.78 is 5.57. The Labute approximate surface area is 166 Å². The van der Waals surface area contributed by atoms with Crippen molar-refractivity contribution in [3.05, 3.63) is 53.6 Å². The van der Waals surface area contributed by atoms with Gasteiger partial charge in [-0.3, -0.25) is 9.69 Å².